The fourth-order valence-electron chi connectivity index (χ4n) is 3.47. The van der Waals surface area contributed by atoms with Crippen LogP contribution in [0, 0.1) is 0 Å². The van der Waals surface area contributed by atoms with E-state index in [4.69, 9.17) is 9.97 Å². The molecule has 0 radical (unpaired) electrons. The number of aryl methyl sites for hydroxylation is 1. The van der Waals surface area contributed by atoms with E-state index in [1.54, 1.807) is 11.3 Å². The molecular formula is C24H18N2S. The van der Waals surface area contributed by atoms with Crippen molar-refractivity contribution in [2.24, 2.45) is 0 Å². The van der Waals surface area contributed by atoms with Crippen LogP contribution >= 0.6 is 11.3 Å². The second kappa shape index (κ2) is 6.60. The molecule has 0 aliphatic heterocycles. The van der Waals surface area contributed by atoms with Gasteiger partial charge in [0.2, 0.25) is 0 Å². The van der Waals surface area contributed by atoms with E-state index in [0.717, 1.165) is 29.0 Å². The summed E-state index contributed by atoms with van der Waals surface area (Å²) in [6.07, 6.45) is 0.825. The third-order valence-electron chi connectivity index (χ3n) is 4.83. The highest BCUT2D eigenvalue weighted by atomic mass is 32.1. The maximum atomic E-state index is 4.92. The van der Waals surface area contributed by atoms with Crippen molar-refractivity contribution < 1.29 is 0 Å². The van der Waals surface area contributed by atoms with Crippen molar-refractivity contribution in [3.8, 4) is 22.4 Å². The first-order valence-corrected chi connectivity index (χ1v) is 9.99. The van der Waals surface area contributed by atoms with Gasteiger partial charge in [0.15, 0.2) is 0 Å². The van der Waals surface area contributed by atoms with Crippen LogP contribution in [-0.4, -0.2) is 9.97 Å². The van der Waals surface area contributed by atoms with Gasteiger partial charge in [-0.05, 0) is 23.3 Å². The standard InChI is InChI=1S/C24H18N2S/c1-2-21-25-22(24-23(26-21)19-13-6-7-14-20(19)27-24)18-12-8-11-17(15-18)16-9-4-3-5-10-16/h3-15H,2H2,1H3. The molecule has 0 spiro atoms. The lowest BCUT2D eigenvalue weighted by Gasteiger charge is -2.08. The van der Waals surface area contributed by atoms with Crippen molar-refractivity contribution in [2.45, 2.75) is 13.3 Å². The number of hydrogen-bond donors (Lipinski definition) is 0. The molecule has 2 heterocycles. The molecule has 0 aliphatic rings. The van der Waals surface area contributed by atoms with Crippen LogP contribution < -0.4 is 0 Å². The normalized spacial score (nSPS) is 11.3. The van der Waals surface area contributed by atoms with Crippen LogP contribution in [0.25, 0.3) is 42.7 Å². The summed E-state index contributed by atoms with van der Waals surface area (Å²) in [6, 6.07) is 27.6. The summed E-state index contributed by atoms with van der Waals surface area (Å²) in [4.78, 5) is 9.77. The van der Waals surface area contributed by atoms with Crippen molar-refractivity contribution in [1.82, 2.24) is 9.97 Å². The van der Waals surface area contributed by atoms with Crippen molar-refractivity contribution >= 4 is 31.6 Å². The van der Waals surface area contributed by atoms with Gasteiger partial charge in [0.05, 0.1) is 15.9 Å². The number of nitrogens with zero attached hydrogens (tertiary/aromatic N) is 2. The van der Waals surface area contributed by atoms with E-state index in [1.807, 2.05) is 6.07 Å². The van der Waals surface area contributed by atoms with Crippen LogP contribution in [-0.2, 0) is 6.42 Å². The quantitative estimate of drug-likeness (QED) is 0.353. The Morgan fingerprint density at radius 2 is 1.48 bits per heavy atom. The highest BCUT2D eigenvalue weighted by Gasteiger charge is 2.15. The van der Waals surface area contributed by atoms with Crippen molar-refractivity contribution in [3.05, 3.63) is 84.7 Å². The summed E-state index contributed by atoms with van der Waals surface area (Å²) in [7, 11) is 0. The Morgan fingerprint density at radius 3 is 2.33 bits per heavy atom. The number of thiophene rings is 1. The van der Waals surface area contributed by atoms with Crippen molar-refractivity contribution in [1.29, 1.82) is 0 Å². The minimum atomic E-state index is 0.825. The molecule has 130 valence electrons. The van der Waals surface area contributed by atoms with Crippen molar-refractivity contribution in [3.63, 3.8) is 0 Å². The zero-order chi connectivity index (χ0) is 18.2. The van der Waals surface area contributed by atoms with Crippen LogP contribution in [0.3, 0.4) is 0 Å². The molecule has 5 rings (SSSR count). The Balaban J connectivity index is 1.78. The second-order valence-corrected chi connectivity index (χ2v) is 7.62. The Morgan fingerprint density at radius 1 is 0.741 bits per heavy atom. The predicted octanol–water partition coefficient (Wildman–Crippen LogP) is 6.74. The van der Waals surface area contributed by atoms with Crippen molar-refractivity contribution in [2.75, 3.05) is 0 Å². The first-order chi connectivity index (χ1) is 13.3. The van der Waals surface area contributed by atoms with Gasteiger partial charge in [-0.3, -0.25) is 0 Å². The maximum Gasteiger partial charge on any atom is 0.129 e. The van der Waals surface area contributed by atoms with Gasteiger partial charge in [0, 0.05) is 22.1 Å². The van der Waals surface area contributed by atoms with E-state index in [1.165, 1.54) is 25.9 Å². The number of benzene rings is 3. The zero-order valence-electron chi connectivity index (χ0n) is 15.0. The smallest absolute Gasteiger partial charge is 0.129 e. The average Bonchev–Trinajstić information content (AvgIpc) is 3.12. The van der Waals surface area contributed by atoms with Gasteiger partial charge in [-0.2, -0.15) is 0 Å². The Labute approximate surface area is 162 Å². The van der Waals surface area contributed by atoms with E-state index in [-0.39, 0.29) is 0 Å². The topological polar surface area (TPSA) is 25.8 Å². The molecule has 2 aromatic heterocycles. The molecule has 0 N–H and O–H groups in total. The van der Waals surface area contributed by atoms with Gasteiger partial charge < -0.3 is 0 Å². The first kappa shape index (κ1) is 16.2. The number of aromatic nitrogens is 2. The Kier molecular flexibility index (Phi) is 3.95. The van der Waals surface area contributed by atoms with Crippen LogP contribution in [0.4, 0.5) is 0 Å². The van der Waals surface area contributed by atoms with E-state index in [2.05, 4.69) is 79.7 Å². The van der Waals surface area contributed by atoms with Crippen LogP contribution in [0.15, 0.2) is 78.9 Å². The second-order valence-electron chi connectivity index (χ2n) is 6.56. The summed E-state index contributed by atoms with van der Waals surface area (Å²) >= 11 is 1.78. The largest absolute Gasteiger partial charge is 0.231 e. The summed E-state index contributed by atoms with van der Waals surface area (Å²) in [5.41, 5.74) is 5.68. The molecule has 2 nitrogen and oxygen atoms in total. The number of rotatable bonds is 3. The number of fused-ring (bicyclic) bond motifs is 3. The summed E-state index contributed by atoms with van der Waals surface area (Å²) in [6.45, 7) is 2.11. The van der Waals surface area contributed by atoms with Gasteiger partial charge >= 0.3 is 0 Å². The Hall–Kier alpha value is -3.04. The lowest BCUT2D eigenvalue weighted by Crippen LogP contribution is -1.96. The van der Waals surface area contributed by atoms with Gasteiger partial charge in [-0.15, -0.1) is 11.3 Å². The Bertz CT molecular complexity index is 1260. The summed E-state index contributed by atoms with van der Waals surface area (Å²) in [5.74, 6) is 0.895. The molecule has 0 amide bonds. The predicted molar refractivity (Wildman–Crippen MR) is 115 cm³/mol. The minimum absolute atomic E-state index is 0.825. The molecule has 27 heavy (non-hydrogen) atoms. The van der Waals surface area contributed by atoms with Gasteiger partial charge in [-0.1, -0.05) is 73.7 Å². The van der Waals surface area contributed by atoms with Crippen LogP contribution in [0.5, 0.6) is 0 Å². The van der Waals surface area contributed by atoms with E-state index >= 15 is 0 Å². The third-order valence-corrected chi connectivity index (χ3v) is 5.99. The summed E-state index contributed by atoms with van der Waals surface area (Å²) < 4.78 is 2.43. The number of hydrogen-bond acceptors (Lipinski definition) is 3. The van der Waals surface area contributed by atoms with E-state index in [0.29, 0.717) is 0 Å². The summed E-state index contributed by atoms with van der Waals surface area (Å²) in [5, 5.41) is 1.22. The minimum Gasteiger partial charge on any atom is -0.231 e. The third kappa shape index (κ3) is 2.81. The van der Waals surface area contributed by atoms with Crippen LogP contribution in [0.1, 0.15) is 12.7 Å². The molecule has 0 aliphatic carbocycles. The highest BCUT2D eigenvalue weighted by Crippen LogP contribution is 2.38. The lowest BCUT2D eigenvalue weighted by atomic mass is 10.0. The first-order valence-electron chi connectivity index (χ1n) is 9.17. The monoisotopic (exact) mass is 366 g/mol. The SMILES string of the molecule is CCc1nc(-c2cccc(-c3ccccc3)c2)c2sc3ccccc3c2n1. The average molecular weight is 366 g/mol. The van der Waals surface area contributed by atoms with Gasteiger partial charge in [-0.25, -0.2) is 9.97 Å². The highest BCUT2D eigenvalue weighted by molar-refractivity contribution is 7.26. The molecule has 0 saturated heterocycles. The lowest BCUT2D eigenvalue weighted by molar-refractivity contribution is 0.967. The molecular weight excluding hydrogens is 348 g/mol. The van der Waals surface area contributed by atoms with Gasteiger partial charge in [0.1, 0.15) is 5.82 Å². The fourth-order valence-corrected chi connectivity index (χ4v) is 4.62. The molecule has 0 atom stereocenters. The van der Waals surface area contributed by atoms with Gasteiger partial charge in [0.25, 0.3) is 0 Å². The molecule has 5 aromatic rings. The van der Waals surface area contributed by atoms with E-state index in [9.17, 15) is 0 Å². The molecule has 0 saturated carbocycles. The molecule has 0 fully saturated rings. The van der Waals surface area contributed by atoms with E-state index < -0.39 is 0 Å². The molecule has 0 unspecified atom stereocenters. The molecule has 3 aromatic carbocycles. The fraction of sp³-hybridized carbons (Fsp3) is 0.0833. The molecule has 3 heteroatoms. The zero-order valence-corrected chi connectivity index (χ0v) is 15.8. The molecule has 0 bridgehead atoms. The maximum absolute atomic E-state index is 4.92. The van der Waals surface area contributed by atoms with Crippen LogP contribution in [0.2, 0.25) is 0 Å².